The van der Waals surface area contributed by atoms with Gasteiger partial charge >= 0.3 is 0 Å². The number of rotatable bonds is 6. The van der Waals surface area contributed by atoms with Crippen LogP contribution in [0.3, 0.4) is 0 Å². The molecule has 1 aliphatic carbocycles. The van der Waals surface area contributed by atoms with Crippen LogP contribution in [0, 0.1) is 5.82 Å². The Morgan fingerprint density at radius 3 is 2.68 bits per heavy atom. The molecule has 6 nitrogen and oxygen atoms in total. The summed E-state index contributed by atoms with van der Waals surface area (Å²) in [5.74, 6) is -0.843. The summed E-state index contributed by atoms with van der Waals surface area (Å²) in [7, 11) is 0. The van der Waals surface area contributed by atoms with Gasteiger partial charge in [0.1, 0.15) is 12.1 Å². The van der Waals surface area contributed by atoms with Crippen LogP contribution in [0.4, 0.5) is 10.1 Å². The van der Waals surface area contributed by atoms with E-state index in [0.29, 0.717) is 34.0 Å². The fourth-order valence-corrected chi connectivity index (χ4v) is 2.88. The molecule has 140 valence electrons. The molecular weight excluding hydrogens is 359 g/mol. The van der Waals surface area contributed by atoms with Crippen molar-refractivity contribution in [2.24, 2.45) is 0 Å². The summed E-state index contributed by atoms with van der Waals surface area (Å²) in [4.78, 5) is 26.7. The molecule has 4 rings (SSSR count). The van der Waals surface area contributed by atoms with Crippen LogP contribution in [0.25, 0.3) is 17.2 Å². The van der Waals surface area contributed by atoms with E-state index in [-0.39, 0.29) is 5.91 Å². The molecule has 1 N–H and O–H groups in total. The first kappa shape index (κ1) is 17.8. The fourth-order valence-electron chi connectivity index (χ4n) is 2.88. The second-order valence-electron chi connectivity index (χ2n) is 6.59. The van der Waals surface area contributed by atoms with Crippen LogP contribution in [0.2, 0.25) is 0 Å². The number of hydrogen-bond acceptors (Lipinski definition) is 4. The molecule has 2 aromatic heterocycles. The zero-order valence-electron chi connectivity index (χ0n) is 14.9. The number of nitrogens with zero attached hydrogens (tertiary/aromatic N) is 3. The monoisotopic (exact) mass is 376 g/mol. The highest BCUT2D eigenvalue weighted by Gasteiger charge is 2.25. The van der Waals surface area contributed by atoms with E-state index in [2.05, 4.69) is 15.4 Å². The van der Waals surface area contributed by atoms with Gasteiger partial charge in [-0.25, -0.2) is 4.39 Å². The van der Waals surface area contributed by atoms with Gasteiger partial charge in [-0.2, -0.15) is 5.10 Å². The number of anilines is 1. The van der Waals surface area contributed by atoms with E-state index in [1.807, 2.05) is 10.9 Å². The van der Waals surface area contributed by atoms with Gasteiger partial charge in [-0.05, 0) is 43.2 Å². The van der Waals surface area contributed by atoms with Crippen molar-refractivity contribution in [1.29, 1.82) is 0 Å². The first-order chi connectivity index (χ1) is 13.6. The normalized spacial score (nSPS) is 13.6. The minimum atomic E-state index is -0.470. The van der Waals surface area contributed by atoms with Crippen molar-refractivity contribution in [3.8, 4) is 11.1 Å². The van der Waals surface area contributed by atoms with Crippen LogP contribution in [0.5, 0.6) is 0 Å². The minimum absolute atomic E-state index is 0.362. The molecular formula is C21H17FN4O2. The summed E-state index contributed by atoms with van der Waals surface area (Å²) < 4.78 is 16.3. The average Bonchev–Trinajstić information content (AvgIpc) is 3.45. The summed E-state index contributed by atoms with van der Waals surface area (Å²) >= 11 is 0. The smallest absolute Gasteiger partial charge is 0.248 e. The molecule has 1 aromatic carbocycles. The Balaban J connectivity index is 1.54. The average molecular weight is 376 g/mol. The molecule has 0 spiro atoms. The number of carbonyl (C=O) groups is 2. The highest BCUT2D eigenvalue weighted by molar-refractivity contribution is 6.02. The van der Waals surface area contributed by atoms with E-state index in [0.717, 1.165) is 25.3 Å². The largest absolute Gasteiger partial charge is 0.323 e. The maximum Gasteiger partial charge on any atom is 0.248 e. The SMILES string of the molecule is O=Cc1ccc(NC(=O)C=Cc2cncc(F)c2-c2cnn(C3CC3)c2)cc1. The van der Waals surface area contributed by atoms with E-state index in [1.165, 1.54) is 18.3 Å². The van der Waals surface area contributed by atoms with Gasteiger partial charge in [0.15, 0.2) is 0 Å². The fraction of sp³-hybridized carbons (Fsp3) is 0.143. The first-order valence-electron chi connectivity index (χ1n) is 8.86. The molecule has 28 heavy (non-hydrogen) atoms. The summed E-state index contributed by atoms with van der Waals surface area (Å²) in [6, 6.07) is 6.89. The number of nitrogens with one attached hydrogen (secondary N) is 1. The van der Waals surface area contributed by atoms with Crippen LogP contribution in [0.15, 0.2) is 55.1 Å². The molecule has 0 aliphatic heterocycles. The predicted molar refractivity (Wildman–Crippen MR) is 103 cm³/mol. The molecule has 3 aromatic rings. The quantitative estimate of drug-likeness (QED) is 0.523. The van der Waals surface area contributed by atoms with Crippen molar-refractivity contribution in [2.75, 3.05) is 5.32 Å². The summed E-state index contributed by atoms with van der Waals surface area (Å²) in [5, 5.41) is 7.00. The van der Waals surface area contributed by atoms with Gasteiger partial charge < -0.3 is 5.32 Å². The van der Waals surface area contributed by atoms with Crippen LogP contribution < -0.4 is 5.32 Å². The zero-order chi connectivity index (χ0) is 19.5. The topological polar surface area (TPSA) is 76.9 Å². The Kier molecular flexibility index (Phi) is 4.80. The third kappa shape index (κ3) is 3.88. The number of halogens is 1. The van der Waals surface area contributed by atoms with Gasteiger partial charge in [0.2, 0.25) is 5.91 Å². The first-order valence-corrected chi connectivity index (χ1v) is 8.86. The minimum Gasteiger partial charge on any atom is -0.323 e. The van der Waals surface area contributed by atoms with Crippen molar-refractivity contribution < 1.29 is 14.0 Å². The van der Waals surface area contributed by atoms with Gasteiger partial charge in [-0.3, -0.25) is 19.3 Å². The molecule has 1 fully saturated rings. The number of pyridine rings is 1. The number of carbonyl (C=O) groups excluding carboxylic acids is 2. The standard InChI is InChI=1S/C21H17FN4O2/c22-19-11-23-9-15(21(19)16-10-24-26(12-16)18-6-7-18)3-8-20(28)25-17-4-1-14(13-27)2-5-17/h1-5,8-13,18H,6-7H2,(H,25,28). The lowest BCUT2D eigenvalue weighted by Gasteiger charge is -2.05. The maximum atomic E-state index is 14.4. The molecule has 0 saturated heterocycles. The number of amides is 1. The van der Waals surface area contributed by atoms with E-state index < -0.39 is 5.82 Å². The molecule has 0 bridgehead atoms. The van der Waals surface area contributed by atoms with E-state index in [4.69, 9.17) is 0 Å². The summed E-state index contributed by atoms with van der Waals surface area (Å²) in [6.07, 6.45) is 11.8. The molecule has 1 aliphatic rings. The van der Waals surface area contributed by atoms with E-state index in [9.17, 15) is 14.0 Å². The third-order valence-electron chi connectivity index (χ3n) is 4.47. The van der Waals surface area contributed by atoms with Gasteiger partial charge in [0, 0.05) is 46.4 Å². The van der Waals surface area contributed by atoms with Crippen LogP contribution >= 0.6 is 0 Å². The van der Waals surface area contributed by atoms with Crippen molar-refractivity contribution in [3.05, 3.63) is 72.1 Å². The number of benzene rings is 1. The third-order valence-corrected chi connectivity index (χ3v) is 4.47. The number of aromatic nitrogens is 3. The number of aldehydes is 1. The molecule has 1 amide bonds. The number of hydrogen-bond donors (Lipinski definition) is 1. The highest BCUT2D eigenvalue weighted by Crippen LogP contribution is 2.36. The van der Waals surface area contributed by atoms with Crippen molar-refractivity contribution in [2.45, 2.75) is 18.9 Å². The maximum absolute atomic E-state index is 14.4. The van der Waals surface area contributed by atoms with Crippen LogP contribution in [-0.4, -0.2) is 27.0 Å². The van der Waals surface area contributed by atoms with Gasteiger partial charge in [0.25, 0.3) is 0 Å². The van der Waals surface area contributed by atoms with Crippen LogP contribution in [-0.2, 0) is 4.79 Å². The summed E-state index contributed by atoms with van der Waals surface area (Å²) in [5.41, 5.74) is 2.58. The van der Waals surface area contributed by atoms with Crippen molar-refractivity contribution >= 4 is 24.0 Å². The van der Waals surface area contributed by atoms with Gasteiger partial charge in [0.05, 0.1) is 18.4 Å². The second kappa shape index (κ2) is 7.56. The Bertz CT molecular complexity index is 1050. The lowest BCUT2D eigenvalue weighted by atomic mass is 10.0. The Labute approximate surface area is 160 Å². The zero-order valence-corrected chi connectivity index (χ0v) is 14.9. The van der Waals surface area contributed by atoms with Crippen LogP contribution in [0.1, 0.15) is 34.8 Å². The van der Waals surface area contributed by atoms with Gasteiger partial charge in [-0.1, -0.05) is 0 Å². The summed E-state index contributed by atoms with van der Waals surface area (Å²) in [6.45, 7) is 0. The lowest BCUT2D eigenvalue weighted by molar-refractivity contribution is -0.111. The van der Waals surface area contributed by atoms with E-state index in [1.54, 1.807) is 30.5 Å². The van der Waals surface area contributed by atoms with Gasteiger partial charge in [-0.15, -0.1) is 0 Å². The lowest BCUT2D eigenvalue weighted by Crippen LogP contribution is -2.07. The molecule has 0 radical (unpaired) electrons. The molecule has 0 unspecified atom stereocenters. The Hall–Kier alpha value is -3.61. The van der Waals surface area contributed by atoms with Crippen molar-refractivity contribution in [3.63, 3.8) is 0 Å². The van der Waals surface area contributed by atoms with E-state index >= 15 is 0 Å². The molecule has 2 heterocycles. The van der Waals surface area contributed by atoms with Crippen molar-refractivity contribution in [1.82, 2.24) is 14.8 Å². The Morgan fingerprint density at radius 2 is 1.96 bits per heavy atom. The molecule has 1 saturated carbocycles. The second-order valence-corrected chi connectivity index (χ2v) is 6.59. The predicted octanol–water partition coefficient (Wildman–Crippen LogP) is 3.88. The molecule has 0 atom stereocenters. The molecule has 7 heteroatoms. The highest BCUT2D eigenvalue weighted by atomic mass is 19.1. The Morgan fingerprint density at radius 1 is 1.18 bits per heavy atom.